The molecular weight excluding hydrogens is 1590 g/mol. The smallest absolute Gasteiger partial charge is 0.399 e. The highest BCUT2D eigenvalue weighted by Gasteiger charge is 2.52. The number of halogens is 10. The Balaban J connectivity index is 0.000000120. The van der Waals surface area contributed by atoms with E-state index in [1.807, 2.05) is 46.0 Å². The van der Waals surface area contributed by atoms with E-state index in [0.29, 0.717) is 125 Å². The van der Waals surface area contributed by atoms with Crippen molar-refractivity contribution in [2.75, 3.05) is 86.1 Å². The first-order valence-electron chi connectivity index (χ1n) is 36.5. The molecule has 0 spiro atoms. The summed E-state index contributed by atoms with van der Waals surface area (Å²) in [5.74, 6) is -3.29. The van der Waals surface area contributed by atoms with Gasteiger partial charge in [0.05, 0.1) is 102 Å². The topological polar surface area (TPSA) is 250 Å². The van der Waals surface area contributed by atoms with Gasteiger partial charge in [0.25, 0.3) is 0 Å². The normalized spacial score (nSPS) is 21.4. The van der Waals surface area contributed by atoms with Crippen molar-refractivity contribution in [3.63, 3.8) is 0 Å². The molecule has 3 saturated heterocycles. The number of aromatic nitrogens is 12. The minimum absolute atomic E-state index is 0.00831. The number of alkyl halides is 3. The number of hydrogen-bond acceptors (Lipinski definition) is 16. The van der Waals surface area contributed by atoms with Crippen LogP contribution in [0.4, 0.5) is 60.9 Å². The summed E-state index contributed by atoms with van der Waals surface area (Å²) in [6.07, 6.45) is 18.4. The molecule has 3 aromatic carbocycles. The Morgan fingerprint density at radius 2 is 0.929 bits per heavy atom. The van der Waals surface area contributed by atoms with Gasteiger partial charge < -0.3 is 62.6 Å². The van der Waals surface area contributed by atoms with Gasteiger partial charge in [-0.05, 0) is 137 Å². The number of pyridine rings is 3. The second-order valence-electron chi connectivity index (χ2n) is 30.3. The number of hydrogen-bond donors (Lipinski definition) is 4. The van der Waals surface area contributed by atoms with Crippen molar-refractivity contribution in [1.82, 2.24) is 57.9 Å². The van der Waals surface area contributed by atoms with Gasteiger partial charge in [-0.2, -0.15) is 15.3 Å². The zero-order valence-electron chi connectivity index (χ0n) is 62.5. The molecule has 6 fully saturated rings. The number of nitrogens with zero attached hydrogens (tertiary/aromatic N) is 14. The summed E-state index contributed by atoms with van der Waals surface area (Å²) in [5.41, 5.74) is 7.20. The summed E-state index contributed by atoms with van der Waals surface area (Å²) >= 11 is 22.5. The Bertz CT molecular complexity index is 5670. The first-order chi connectivity index (χ1) is 53.4. The number of benzene rings is 3. The maximum absolute atomic E-state index is 15.8. The molecular formula is C76H79BBrCl3F6N18O7. The number of H-pyrrole nitrogens is 1. The van der Waals surface area contributed by atoms with Gasteiger partial charge in [-0.3, -0.25) is 19.5 Å². The van der Waals surface area contributed by atoms with Crippen LogP contribution in [-0.4, -0.2) is 168 Å². The molecule has 25 nitrogen and oxygen atoms in total. The standard InChI is InChI=1S/C25H25ClF2N6O2.C20H17ClF2N6O.C17H21BFN3O3.C14H16BrClFN3O/c1-32(2)24-22(28)21(26)20(15-10-29-34(23(15)24)19-5-3-4-8-36-19)13-6-7-18-30-17(12-33(18)11-13)31-25(35)14-9-16(14)27;1-28(2)19-17(23)16(21)15(11-6-24-27-18(11)19)9-3-4-14-25-13(8-29(14)7-9)26-20(30)10-5-12(10)22;1-16(2)17(3,4)25-18(24-16)10-5-6-14-20-13(9-22(14)8-10)21-15(23)11-7-12(11)19;1-19(2)14-12(17)11(16)10(15)8-7-18-20(13(8)14)9-5-3-4-6-21-9/h6-7,10-12,14,16,19H,3-5,8-9H2,1-2H3,(H,31,35);3-4,6-8,10,12H,5H2,1-2H3,(H,24,27)(H,26,30);5-6,8-9,11-12H,7H2,1-4H3,(H,21,23);7,9H,3-6H2,1-2H3/t14-,16+,19?;10-,12+;11-,12+;/m111./s1. The lowest BCUT2D eigenvalue weighted by molar-refractivity contribution is -0.118. The highest BCUT2D eigenvalue weighted by Crippen LogP contribution is 2.48. The van der Waals surface area contributed by atoms with E-state index < -0.39 is 72.0 Å². The zero-order valence-corrected chi connectivity index (χ0v) is 66.4. The molecule has 3 aliphatic heterocycles. The van der Waals surface area contributed by atoms with E-state index in [2.05, 4.69) is 67.2 Å². The fraction of sp³-hybridized carbons (Fsp3) is 0.408. The zero-order chi connectivity index (χ0) is 79.4. The van der Waals surface area contributed by atoms with E-state index in [1.165, 1.54) is 0 Å². The van der Waals surface area contributed by atoms with Crippen LogP contribution in [0, 0.1) is 35.2 Å². The van der Waals surface area contributed by atoms with Crippen LogP contribution in [0.5, 0.6) is 0 Å². The lowest BCUT2D eigenvalue weighted by atomic mass is 9.80. The third-order valence-corrected chi connectivity index (χ3v) is 23.2. The van der Waals surface area contributed by atoms with E-state index in [9.17, 15) is 31.9 Å². The largest absolute Gasteiger partial charge is 0.496 e. The number of fused-ring (bicyclic) bond motifs is 6. The number of imidazole rings is 3. The first-order valence-corrected chi connectivity index (χ1v) is 38.5. The van der Waals surface area contributed by atoms with E-state index in [4.69, 9.17) is 53.6 Å². The number of carbonyl (C=O) groups is 3. The van der Waals surface area contributed by atoms with Crippen LogP contribution in [0.3, 0.4) is 0 Å². The molecule has 6 aliphatic rings. The molecule has 4 N–H and O–H groups in total. The van der Waals surface area contributed by atoms with Gasteiger partial charge in [0.2, 0.25) is 17.7 Å². The molecule has 36 heteroatoms. The summed E-state index contributed by atoms with van der Waals surface area (Å²) in [4.78, 5) is 54.0. The van der Waals surface area contributed by atoms with Crippen molar-refractivity contribution in [3.8, 4) is 22.3 Å². The minimum atomic E-state index is -1.09. The molecule has 8 atom stereocenters. The van der Waals surface area contributed by atoms with E-state index >= 15 is 8.78 Å². The summed E-state index contributed by atoms with van der Waals surface area (Å²) in [5, 5.41) is 26.1. The van der Waals surface area contributed by atoms with Crippen molar-refractivity contribution in [2.24, 2.45) is 17.8 Å². The average molecular weight is 1670 g/mol. The molecule has 0 radical (unpaired) electrons. The van der Waals surface area contributed by atoms with Gasteiger partial charge in [-0.15, -0.1) is 0 Å². The van der Waals surface area contributed by atoms with E-state index in [-0.39, 0.29) is 58.1 Å². The number of nitrogens with one attached hydrogen (secondary N) is 4. The van der Waals surface area contributed by atoms with Gasteiger partial charge >= 0.3 is 7.12 Å². The summed E-state index contributed by atoms with van der Waals surface area (Å²) in [7, 11) is 10.1. The maximum atomic E-state index is 15.8. The van der Waals surface area contributed by atoms with Gasteiger partial charge in [-0.25, -0.2) is 50.7 Å². The van der Waals surface area contributed by atoms with Gasteiger partial charge in [-0.1, -0.05) is 40.9 Å². The molecule has 0 bridgehead atoms. The van der Waals surface area contributed by atoms with E-state index in [0.717, 1.165) is 49.4 Å². The maximum Gasteiger partial charge on any atom is 0.496 e. The Kier molecular flexibility index (Phi) is 21.3. The number of amides is 3. The number of rotatable bonds is 14. The molecule has 112 heavy (non-hydrogen) atoms. The quantitative estimate of drug-likeness (QED) is 0.0449. The highest BCUT2D eigenvalue weighted by molar-refractivity contribution is 9.10. The van der Waals surface area contributed by atoms with Crippen LogP contribution >= 0.6 is 50.7 Å². The third-order valence-electron chi connectivity index (χ3n) is 21.1. The molecule has 588 valence electrons. The van der Waals surface area contributed by atoms with Crippen LogP contribution in [0.2, 0.25) is 15.1 Å². The molecule has 3 amide bonds. The Hall–Kier alpha value is -9.22. The molecule has 9 aromatic heterocycles. The second kappa shape index (κ2) is 30.6. The lowest BCUT2D eigenvalue weighted by Gasteiger charge is -2.32. The van der Waals surface area contributed by atoms with Crippen molar-refractivity contribution in [3.05, 3.63) is 129 Å². The molecule has 3 aliphatic carbocycles. The van der Waals surface area contributed by atoms with Crippen molar-refractivity contribution in [1.29, 1.82) is 0 Å². The summed E-state index contributed by atoms with van der Waals surface area (Å²) in [6.45, 7) is 9.37. The number of aromatic amines is 1. The molecule has 12 heterocycles. The van der Waals surface area contributed by atoms with Crippen LogP contribution in [0.25, 0.3) is 71.9 Å². The van der Waals surface area contributed by atoms with Crippen LogP contribution in [0.1, 0.15) is 97.9 Å². The minimum Gasteiger partial charge on any atom is -0.399 e. The summed E-state index contributed by atoms with van der Waals surface area (Å²) in [6, 6.07) is 10.8. The number of carbonyl (C=O) groups excluding carboxylic acids is 3. The predicted octanol–water partition coefficient (Wildman–Crippen LogP) is 15.5. The first kappa shape index (κ1) is 78.1. The Labute approximate surface area is 661 Å². The SMILES string of the molecule is CC1(C)OB(c2ccc3nc(NC(=O)[C@@H]4C[C@@H]4F)cn3c2)OC1(C)C.CN(C)c1c(F)c(Cl)c(-c2ccc3nc(NC(=O)[C@@H]4C[C@@H]4F)cn3c2)c2cn[nH]c12.CN(C)c1c(F)c(Cl)c(-c2ccc3nc(NC(=O)[C@@H]4C[C@@H]4F)cn3c2)c2cnn(C3CCCCO3)c12.CN(C)c1c(F)c(Cl)c(Br)c2cnn(C3CCCCO3)c12. The van der Waals surface area contributed by atoms with Crippen LogP contribution < -0.4 is 36.1 Å². The van der Waals surface area contributed by atoms with Gasteiger partial charge in [0.15, 0.2) is 47.4 Å². The fourth-order valence-electron chi connectivity index (χ4n) is 14.1. The Morgan fingerprint density at radius 1 is 0.536 bits per heavy atom. The van der Waals surface area contributed by atoms with Crippen molar-refractivity contribution < 1.29 is 59.5 Å². The Morgan fingerprint density at radius 3 is 1.35 bits per heavy atom. The fourth-order valence-corrected chi connectivity index (χ4v) is 15.4. The molecule has 3 saturated carbocycles. The lowest BCUT2D eigenvalue weighted by Crippen LogP contribution is -2.41. The van der Waals surface area contributed by atoms with Gasteiger partial charge in [0, 0.05) is 113 Å². The highest BCUT2D eigenvalue weighted by atomic mass is 79.9. The predicted molar refractivity (Wildman–Crippen MR) is 423 cm³/mol. The van der Waals surface area contributed by atoms with Crippen LogP contribution in [-0.2, 0) is 33.2 Å². The molecule has 2 unspecified atom stereocenters. The number of anilines is 6. The van der Waals surface area contributed by atoms with Crippen molar-refractivity contribution in [2.45, 2.75) is 128 Å². The monoisotopic (exact) mass is 1660 g/mol. The third kappa shape index (κ3) is 15.0. The average Bonchev–Trinajstić information content (AvgIpc) is 1.63. The molecule has 18 rings (SSSR count). The van der Waals surface area contributed by atoms with Crippen LogP contribution in [0.15, 0.2) is 96.6 Å². The second-order valence-corrected chi connectivity index (χ2v) is 32.2. The van der Waals surface area contributed by atoms with Crippen molar-refractivity contribution >= 4 is 165 Å². The van der Waals surface area contributed by atoms with E-state index in [1.54, 1.807) is 153 Å². The summed E-state index contributed by atoms with van der Waals surface area (Å²) < 4.78 is 118. The van der Waals surface area contributed by atoms with Gasteiger partial charge in [0.1, 0.15) is 52.5 Å². The molecule has 12 aromatic rings. The number of ether oxygens (including phenoxy) is 2.